The van der Waals surface area contributed by atoms with Gasteiger partial charge in [-0.25, -0.2) is 8.78 Å². The fraction of sp³-hybridized carbons (Fsp3) is 0.455. The zero-order chi connectivity index (χ0) is 11.6. The molecule has 0 spiro atoms. The average Bonchev–Trinajstić information content (AvgIpc) is 2.28. The second-order valence-corrected chi connectivity index (χ2v) is 3.60. The Balaban J connectivity index is 2.13. The molecule has 1 heterocycles. The van der Waals surface area contributed by atoms with Gasteiger partial charge in [0.25, 0.3) is 5.92 Å². The number of aliphatic hydroxyl groups excluding tert-OH is 1. The molecule has 1 atom stereocenters. The van der Waals surface area contributed by atoms with Crippen molar-refractivity contribution >= 4 is 0 Å². The number of alkyl halides is 2. The molecular formula is C11H12F2O3. The van der Waals surface area contributed by atoms with Crippen molar-refractivity contribution in [2.75, 3.05) is 13.2 Å². The predicted octanol–water partition coefficient (Wildman–Crippen LogP) is 1.84. The van der Waals surface area contributed by atoms with Gasteiger partial charge in [-0.1, -0.05) is 12.1 Å². The summed E-state index contributed by atoms with van der Waals surface area (Å²) in [5.41, 5.74) is 0. The molecule has 0 aliphatic carbocycles. The fourth-order valence-electron chi connectivity index (χ4n) is 1.54. The van der Waals surface area contributed by atoms with E-state index in [9.17, 15) is 8.78 Å². The van der Waals surface area contributed by atoms with Gasteiger partial charge in [-0.05, 0) is 12.1 Å². The van der Waals surface area contributed by atoms with Crippen LogP contribution < -0.4 is 9.47 Å². The predicted molar refractivity (Wildman–Crippen MR) is 53.0 cm³/mol. The van der Waals surface area contributed by atoms with Crippen molar-refractivity contribution in [3.63, 3.8) is 0 Å². The third kappa shape index (κ3) is 2.09. The highest BCUT2D eigenvalue weighted by atomic mass is 19.3. The lowest BCUT2D eigenvalue weighted by atomic mass is 10.1. The SMILES string of the molecule is OCCC(F)(F)C1COc2ccccc2O1. The quantitative estimate of drug-likeness (QED) is 0.861. The molecule has 0 bridgehead atoms. The van der Waals surface area contributed by atoms with Crippen LogP contribution in [0.2, 0.25) is 0 Å². The Bertz CT molecular complexity index is 368. The molecule has 1 aliphatic heterocycles. The molecule has 1 aromatic rings. The molecule has 0 saturated heterocycles. The Labute approximate surface area is 91.6 Å². The summed E-state index contributed by atoms with van der Waals surface area (Å²) >= 11 is 0. The number of hydrogen-bond donors (Lipinski definition) is 1. The minimum atomic E-state index is -3.08. The number of halogens is 2. The molecule has 16 heavy (non-hydrogen) atoms. The molecule has 88 valence electrons. The second kappa shape index (κ2) is 4.25. The molecule has 5 heteroatoms. The van der Waals surface area contributed by atoms with Gasteiger partial charge in [0.2, 0.25) is 0 Å². The standard InChI is InChI=1S/C11H12F2O3/c12-11(13,5-6-14)10-7-15-8-3-1-2-4-9(8)16-10/h1-4,10,14H,5-7H2. The van der Waals surface area contributed by atoms with E-state index in [0.29, 0.717) is 11.5 Å². The molecule has 3 nitrogen and oxygen atoms in total. The first-order valence-corrected chi connectivity index (χ1v) is 5.00. The van der Waals surface area contributed by atoms with Gasteiger partial charge in [0.15, 0.2) is 17.6 Å². The van der Waals surface area contributed by atoms with E-state index in [1.807, 2.05) is 0 Å². The molecule has 1 unspecified atom stereocenters. The lowest BCUT2D eigenvalue weighted by molar-refractivity contribution is -0.128. The van der Waals surface area contributed by atoms with Crippen molar-refractivity contribution in [2.24, 2.45) is 0 Å². The van der Waals surface area contributed by atoms with Crippen molar-refractivity contribution in [2.45, 2.75) is 18.4 Å². The van der Waals surface area contributed by atoms with Crippen molar-refractivity contribution in [3.05, 3.63) is 24.3 Å². The third-order valence-electron chi connectivity index (χ3n) is 2.42. The number of aliphatic hydroxyl groups is 1. The highest BCUT2D eigenvalue weighted by molar-refractivity contribution is 5.40. The van der Waals surface area contributed by atoms with Crippen LogP contribution in [0.1, 0.15) is 6.42 Å². The summed E-state index contributed by atoms with van der Waals surface area (Å²) in [6, 6.07) is 6.68. The summed E-state index contributed by atoms with van der Waals surface area (Å²) in [5, 5.41) is 8.55. The van der Waals surface area contributed by atoms with Crippen LogP contribution in [-0.2, 0) is 0 Å². The minimum absolute atomic E-state index is 0.204. The van der Waals surface area contributed by atoms with Crippen LogP contribution in [0.4, 0.5) is 8.78 Å². The largest absolute Gasteiger partial charge is 0.486 e. The summed E-state index contributed by atoms with van der Waals surface area (Å²) in [6.45, 7) is -0.779. The van der Waals surface area contributed by atoms with Gasteiger partial charge in [0.05, 0.1) is 0 Å². The third-order valence-corrected chi connectivity index (χ3v) is 2.42. The van der Waals surface area contributed by atoms with E-state index in [0.717, 1.165) is 0 Å². The zero-order valence-corrected chi connectivity index (χ0v) is 8.53. The molecule has 0 radical (unpaired) electrons. The van der Waals surface area contributed by atoms with Crippen LogP contribution in [0.5, 0.6) is 11.5 Å². The number of fused-ring (bicyclic) bond motifs is 1. The topological polar surface area (TPSA) is 38.7 Å². The Kier molecular flexibility index (Phi) is 2.96. The molecule has 1 aromatic carbocycles. The van der Waals surface area contributed by atoms with Gasteiger partial charge in [0, 0.05) is 13.0 Å². The minimum Gasteiger partial charge on any atom is -0.486 e. The highest BCUT2D eigenvalue weighted by Gasteiger charge is 2.43. The van der Waals surface area contributed by atoms with Gasteiger partial charge in [-0.2, -0.15) is 0 Å². The van der Waals surface area contributed by atoms with Gasteiger partial charge in [-0.15, -0.1) is 0 Å². The zero-order valence-electron chi connectivity index (χ0n) is 8.53. The maximum atomic E-state index is 13.4. The van der Waals surface area contributed by atoms with Crippen molar-refractivity contribution in [1.29, 1.82) is 0 Å². The highest BCUT2D eigenvalue weighted by Crippen LogP contribution is 2.36. The molecule has 1 aliphatic rings. The summed E-state index contributed by atoms with van der Waals surface area (Å²) in [7, 11) is 0. The normalized spacial score (nSPS) is 19.6. The average molecular weight is 230 g/mol. The van der Waals surface area contributed by atoms with Crippen LogP contribution in [0.25, 0.3) is 0 Å². The monoisotopic (exact) mass is 230 g/mol. The molecule has 0 aromatic heterocycles. The van der Waals surface area contributed by atoms with Crippen LogP contribution in [0.3, 0.4) is 0 Å². The first kappa shape index (κ1) is 11.1. The smallest absolute Gasteiger partial charge is 0.289 e. The second-order valence-electron chi connectivity index (χ2n) is 3.60. The maximum Gasteiger partial charge on any atom is 0.289 e. The Morgan fingerprint density at radius 3 is 2.69 bits per heavy atom. The molecule has 0 amide bonds. The van der Waals surface area contributed by atoms with Crippen molar-refractivity contribution in [1.82, 2.24) is 0 Å². The first-order chi connectivity index (χ1) is 7.63. The van der Waals surface area contributed by atoms with E-state index in [1.54, 1.807) is 24.3 Å². The van der Waals surface area contributed by atoms with Gasteiger partial charge >= 0.3 is 0 Å². The Hall–Kier alpha value is -1.36. The summed E-state index contributed by atoms with van der Waals surface area (Å²) < 4.78 is 37.2. The van der Waals surface area contributed by atoms with Gasteiger partial charge in [0.1, 0.15) is 6.61 Å². The Morgan fingerprint density at radius 2 is 2.00 bits per heavy atom. The van der Waals surface area contributed by atoms with Gasteiger partial charge < -0.3 is 14.6 Å². The van der Waals surface area contributed by atoms with Gasteiger partial charge in [-0.3, -0.25) is 0 Å². The number of benzene rings is 1. The van der Waals surface area contributed by atoms with Crippen molar-refractivity contribution < 1.29 is 23.4 Å². The van der Waals surface area contributed by atoms with Crippen LogP contribution in [0, 0.1) is 0 Å². The van der Waals surface area contributed by atoms with Crippen LogP contribution in [-0.4, -0.2) is 30.3 Å². The Morgan fingerprint density at radius 1 is 1.31 bits per heavy atom. The van der Waals surface area contributed by atoms with Crippen LogP contribution in [0.15, 0.2) is 24.3 Å². The lowest BCUT2D eigenvalue weighted by Gasteiger charge is -2.31. The molecule has 2 rings (SSSR count). The van der Waals surface area contributed by atoms with E-state index in [4.69, 9.17) is 14.6 Å². The number of para-hydroxylation sites is 2. The van der Waals surface area contributed by atoms with E-state index >= 15 is 0 Å². The molecule has 1 N–H and O–H groups in total. The van der Waals surface area contributed by atoms with E-state index in [1.165, 1.54) is 0 Å². The maximum absolute atomic E-state index is 13.4. The lowest BCUT2D eigenvalue weighted by Crippen LogP contribution is -2.45. The molecular weight excluding hydrogens is 218 g/mol. The van der Waals surface area contributed by atoms with E-state index in [2.05, 4.69) is 0 Å². The summed E-state index contributed by atoms with van der Waals surface area (Å²) in [4.78, 5) is 0. The van der Waals surface area contributed by atoms with E-state index in [-0.39, 0.29) is 6.61 Å². The number of ether oxygens (including phenoxy) is 2. The van der Waals surface area contributed by atoms with Crippen LogP contribution >= 0.6 is 0 Å². The molecule has 0 saturated carbocycles. The first-order valence-electron chi connectivity index (χ1n) is 5.00. The fourth-order valence-corrected chi connectivity index (χ4v) is 1.54. The number of hydrogen-bond acceptors (Lipinski definition) is 3. The summed E-state index contributed by atoms with van der Waals surface area (Å²) in [6.07, 6.45) is -1.96. The summed E-state index contributed by atoms with van der Waals surface area (Å²) in [5.74, 6) is -2.29. The molecule has 0 fully saturated rings. The van der Waals surface area contributed by atoms with E-state index < -0.39 is 25.1 Å². The van der Waals surface area contributed by atoms with Crippen molar-refractivity contribution in [3.8, 4) is 11.5 Å². The number of rotatable bonds is 3.